The summed E-state index contributed by atoms with van der Waals surface area (Å²) >= 11 is 5.98. The SMILES string of the molecule is C=C/C=C\C=N/CNc1nc(Cc2cccc(Cl)c2)[nH]c(=O)c1C=N. The zero-order chi connectivity index (χ0) is 18.1. The third-order valence-corrected chi connectivity index (χ3v) is 3.42. The molecule has 0 saturated heterocycles. The minimum absolute atomic E-state index is 0.159. The van der Waals surface area contributed by atoms with Crippen LogP contribution >= 0.6 is 11.6 Å². The molecule has 0 aliphatic carbocycles. The van der Waals surface area contributed by atoms with Crippen LogP contribution in [0.5, 0.6) is 0 Å². The summed E-state index contributed by atoms with van der Waals surface area (Å²) in [5, 5.41) is 11.0. The van der Waals surface area contributed by atoms with Crippen molar-refractivity contribution in [1.29, 1.82) is 5.41 Å². The van der Waals surface area contributed by atoms with E-state index in [0.29, 0.717) is 23.1 Å². The van der Waals surface area contributed by atoms with Crippen molar-refractivity contribution < 1.29 is 0 Å². The quantitative estimate of drug-likeness (QED) is 0.501. The Morgan fingerprint density at radius 1 is 1.40 bits per heavy atom. The van der Waals surface area contributed by atoms with Crippen molar-refractivity contribution in [2.75, 3.05) is 12.0 Å². The minimum atomic E-state index is -0.375. The average molecular weight is 356 g/mol. The van der Waals surface area contributed by atoms with Gasteiger partial charge in [-0.05, 0) is 23.8 Å². The molecule has 0 saturated carbocycles. The summed E-state index contributed by atoms with van der Waals surface area (Å²) in [7, 11) is 0. The molecule has 0 spiro atoms. The number of hydrogen-bond donors (Lipinski definition) is 3. The summed E-state index contributed by atoms with van der Waals surface area (Å²) < 4.78 is 0. The Labute approximate surface area is 150 Å². The van der Waals surface area contributed by atoms with Gasteiger partial charge in [0.05, 0.1) is 5.56 Å². The highest BCUT2D eigenvalue weighted by molar-refractivity contribution is 6.30. The van der Waals surface area contributed by atoms with Crippen LogP contribution in [0.25, 0.3) is 0 Å². The number of anilines is 1. The van der Waals surface area contributed by atoms with Gasteiger partial charge in [0.15, 0.2) is 0 Å². The Balaban J connectivity index is 2.20. The molecule has 0 radical (unpaired) electrons. The van der Waals surface area contributed by atoms with Crippen LogP contribution in [-0.2, 0) is 6.42 Å². The van der Waals surface area contributed by atoms with Crippen LogP contribution in [0.3, 0.4) is 0 Å². The molecule has 2 aromatic rings. The lowest BCUT2D eigenvalue weighted by molar-refractivity contribution is 0.936. The summed E-state index contributed by atoms with van der Waals surface area (Å²) in [5.74, 6) is 0.802. The Morgan fingerprint density at radius 3 is 2.96 bits per heavy atom. The molecule has 6 nitrogen and oxygen atoms in total. The normalized spacial score (nSPS) is 11.1. The maximum absolute atomic E-state index is 12.1. The highest BCUT2D eigenvalue weighted by atomic mass is 35.5. The first-order valence-corrected chi connectivity index (χ1v) is 7.91. The fourth-order valence-electron chi connectivity index (χ4n) is 2.08. The van der Waals surface area contributed by atoms with Crippen molar-refractivity contribution in [2.45, 2.75) is 6.42 Å². The average Bonchev–Trinajstić information content (AvgIpc) is 2.58. The second-order valence-corrected chi connectivity index (χ2v) is 5.45. The number of hydrogen-bond acceptors (Lipinski definition) is 5. The van der Waals surface area contributed by atoms with E-state index in [-0.39, 0.29) is 17.8 Å². The molecule has 0 bridgehead atoms. The number of nitrogens with one attached hydrogen (secondary N) is 3. The summed E-state index contributed by atoms with van der Waals surface area (Å²) in [6, 6.07) is 7.34. The van der Waals surface area contributed by atoms with Crippen molar-refractivity contribution in [2.24, 2.45) is 4.99 Å². The second-order valence-electron chi connectivity index (χ2n) is 5.01. The largest absolute Gasteiger partial charge is 0.350 e. The standard InChI is InChI=1S/C18H18ClN5O/c1-2-3-4-8-21-12-22-17-15(11-20)18(25)24-16(23-17)10-13-6-5-7-14(19)9-13/h2-9,11,20H,1,10,12H2,(H2,22,23,24,25)/b4-3-,20-11?,21-8-. The molecule has 0 aliphatic heterocycles. The Morgan fingerprint density at radius 2 is 2.24 bits per heavy atom. The smallest absolute Gasteiger partial charge is 0.261 e. The Bertz CT molecular complexity index is 870. The third kappa shape index (κ3) is 5.54. The number of halogens is 1. The first-order valence-electron chi connectivity index (χ1n) is 7.53. The predicted molar refractivity (Wildman–Crippen MR) is 103 cm³/mol. The number of aliphatic imine (C=N–C) groups is 1. The van der Waals surface area contributed by atoms with Crippen LogP contribution in [0.15, 0.2) is 58.9 Å². The number of aromatic amines is 1. The lowest BCUT2D eigenvalue weighted by atomic mass is 10.1. The molecule has 0 amide bonds. The topological polar surface area (TPSA) is 94.0 Å². The van der Waals surface area contributed by atoms with E-state index in [0.717, 1.165) is 11.8 Å². The van der Waals surface area contributed by atoms with E-state index in [9.17, 15) is 4.79 Å². The van der Waals surface area contributed by atoms with Gasteiger partial charge in [-0.15, -0.1) is 0 Å². The fourth-order valence-corrected chi connectivity index (χ4v) is 2.30. The van der Waals surface area contributed by atoms with E-state index in [1.807, 2.05) is 18.2 Å². The summed E-state index contributed by atoms with van der Waals surface area (Å²) in [6.07, 6.45) is 8.14. The van der Waals surface area contributed by atoms with Gasteiger partial charge in [0.1, 0.15) is 18.3 Å². The Hall–Kier alpha value is -2.99. The molecule has 1 aromatic heterocycles. The van der Waals surface area contributed by atoms with E-state index in [4.69, 9.17) is 17.0 Å². The molecule has 2 rings (SSSR count). The van der Waals surface area contributed by atoms with Crippen LogP contribution in [0.2, 0.25) is 5.02 Å². The van der Waals surface area contributed by atoms with Crippen molar-refractivity contribution in [3.8, 4) is 0 Å². The first-order chi connectivity index (χ1) is 12.1. The monoisotopic (exact) mass is 355 g/mol. The van der Waals surface area contributed by atoms with Crippen LogP contribution in [0.1, 0.15) is 17.0 Å². The second kappa shape index (κ2) is 9.34. The van der Waals surface area contributed by atoms with Gasteiger partial charge in [0.25, 0.3) is 5.56 Å². The van der Waals surface area contributed by atoms with Gasteiger partial charge in [-0.2, -0.15) is 0 Å². The molecule has 0 fully saturated rings. The molecule has 128 valence electrons. The highest BCUT2D eigenvalue weighted by Gasteiger charge is 2.09. The van der Waals surface area contributed by atoms with Gasteiger partial charge in [0, 0.05) is 23.9 Å². The predicted octanol–water partition coefficient (Wildman–Crippen LogP) is 3.19. The van der Waals surface area contributed by atoms with E-state index in [2.05, 4.69) is 26.9 Å². The van der Waals surface area contributed by atoms with Crippen LogP contribution < -0.4 is 10.9 Å². The number of H-pyrrole nitrogens is 1. The molecule has 0 aliphatic rings. The molecular weight excluding hydrogens is 338 g/mol. The molecule has 3 N–H and O–H groups in total. The summed E-state index contributed by atoms with van der Waals surface area (Å²) in [5.41, 5.74) is 0.712. The van der Waals surface area contributed by atoms with E-state index < -0.39 is 0 Å². The van der Waals surface area contributed by atoms with Gasteiger partial charge >= 0.3 is 0 Å². The number of allylic oxidation sites excluding steroid dienone is 3. The van der Waals surface area contributed by atoms with Gasteiger partial charge in [-0.1, -0.05) is 42.5 Å². The van der Waals surface area contributed by atoms with Gasteiger partial charge in [-0.25, -0.2) is 4.98 Å². The number of nitrogens with zero attached hydrogens (tertiary/aromatic N) is 2. The number of aromatic nitrogens is 2. The number of rotatable bonds is 8. The lowest BCUT2D eigenvalue weighted by Gasteiger charge is -2.08. The van der Waals surface area contributed by atoms with E-state index in [1.54, 1.807) is 30.5 Å². The molecule has 0 atom stereocenters. The van der Waals surface area contributed by atoms with Crippen molar-refractivity contribution >= 4 is 29.8 Å². The fraction of sp³-hybridized carbons (Fsp3) is 0.111. The summed E-state index contributed by atoms with van der Waals surface area (Å²) in [6.45, 7) is 3.79. The molecule has 25 heavy (non-hydrogen) atoms. The zero-order valence-electron chi connectivity index (χ0n) is 13.5. The third-order valence-electron chi connectivity index (χ3n) is 3.19. The van der Waals surface area contributed by atoms with Crippen molar-refractivity contribution in [1.82, 2.24) is 9.97 Å². The van der Waals surface area contributed by atoms with Crippen LogP contribution in [0.4, 0.5) is 5.82 Å². The van der Waals surface area contributed by atoms with Gasteiger partial charge < -0.3 is 15.7 Å². The van der Waals surface area contributed by atoms with Crippen LogP contribution in [-0.4, -0.2) is 29.1 Å². The van der Waals surface area contributed by atoms with Crippen molar-refractivity contribution in [3.63, 3.8) is 0 Å². The van der Waals surface area contributed by atoms with Crippen LogP contribution in [0, 0.1) is 5.41 Å². The lowest BCUT2D eigenvalue weighted by Crippen LogP contribution is -2.20. The van der Waals surface area contributed by atoms with E-state index in [1.165, 1.54) is 0 Å². The maximum atomic E-state index is 12.1. The Kier molecular flexibility index (Phi) is 6.86. The molecule has 1 aromatic carbocycles. The first kappa shape index (κ1) is 18.4. The highest BCUT2D eigenvalue weighted by Crippen LogP contribution is 2.14. The van der Waals surface area contributed by atoms with Gasteiger partial charge in [0.2, 0.25) is 0 Å². The number of benzene rings is 1. The molecule has 7 heteroatoms. The summed E-state index contributed by atoms with van der Waals surface area (Å²) in [4.78, 5) is 23.4. The van der Waals surface area contributed by atoms with Crippen molar-refractivity contribution in [3.05, 3.63) is 81.4 Å². The molecule has 0 unspecified atom stereocenters. The maximum Gasteiger partial charge on any atom is 0.261 e. The molecular formula is C18H18ClN5O. The zero-order valence-corrected chi connectivity index (χ0v) is 14.3. The van der Waals surface area contributed by atoms with Gasteiger partial charge in [-0.3, -0.25) is 9.79 Å². The molecule has 1 heterocycles. The van der Waals surface area contributed by atoms with E-state index >= 15 is 0 Å². The minimum Gasteiger partial charge on any atom is -0.350 e.